The van der Waals surface area contributed by atoms with Gasteiger partial charge in [0.25, 0.3) is 11.8 Å². The molecule has 3 aliphatic rings. The number of hydrogen-bond acceptors (Lipinski definition) is 6. The molecule has 0 bridgehead atoms. The Hall–Kier alpha value is -2.58. The first-order valence-electron chi connectivity index (χ1n) is 9.33. The molecule has 3 N–H and O–H groups in total. The van der Waals surface area contributed by atoms with E-state index in [-0.39, 0.29) is 18.7 Å². The molecule has 3 aliphatic heterocycles. The zero-order valence-electron chi connectivity index (χ0n) is 14.9. The monoisotopic (exact) mass is 370 g/mol. The van der Waals surface area contributed by atoms with Crippen molar-refractivity contribution in [3.63, 3.8) is 0 Å². The summed E-state index contributed by atoms with van der Waals surface area (Å²) in [7, 11) is 0. The van der Waals surface area contributed by atoms with Crippen molar-refractivity contribution in [1.82, 2.24) is 20.9 Å². The largest absolute Gasteiger partial charge is 0.313 e. The van der Waals surface area contributed by atoms with Gasteiger partial charge in [-0.25, -0.2) is 0 Å². The van der Waals surface area contributed by atoms with Gasteiger partial charge in [-0.05, 0) is 43.5 Å². The maximum Gasteiger partial charge on any atom is 0.262 e. The highest BCUT2D eigenvalue weighted by Crippen LogP contribution is 2.28. The second-order valence-electron chi connectivity index (χ2n) is 7.25. The minimum Gasteiger partial charge on any atom is -0.313 e. The highest BCUT2D eigenvalue weighted by molar-refractivity contribution is 6.23. The minimum absolute atomic E-state index is 0.119. The van der Waals surface area contributed by atoms with Gasteiger partial charge in [-0.3, -0.25) is 29.4 Å². The second kappa shape index (κ2) is 7.21. The Kier molecular flexibility index (Phi) is 4.75. The van der Waals surface area contributed by atoms with E-state index in [4.69, 9.17) is 0 Å². The molecule has 2 saturated heterocycles. The number of benzene rings is 1. The summed E-state index contributed by atoms with van der Waals surface area (Å²) in [6, 6.07) is 4.74. The Morgan fingerprint density at radius 1 is 1.07 bits per heavy atom. The van der Waals surface area contributed by atoms with Crippen molar-refractivity contribution >= 4 is 23.6 Å². The Morgan fingerprint density at radius 2 is 1.89 bits per heavy atom. The molecule has 4 amide bonds. The van der Waals surface area contributed by atoms with Crippen molar-refractivity contribution in [3.8, 4) is 0 Å². The number of amides is 4. The number of nitrogens with zero attached hydrogens (tertiary/aromatic N) is 1. The molecular formula is C19H22N4O4. The zero-order chi connectivity index (χ0) is 19.0. The molecule has 142 valence electrons. The standard InChI is InChI=1S/C19H22N4O4/c24-16-6-5-15(17(25)22-16)23-18(26)13-4-3-11(8-14(13)19(23)27)9-20-10-12-2-1-7-21-12/h3-4,8,12,15,20-21H,1-2,5-7,9-10H2,(H,22,24,25). The normalized spacial score (nSPS) is 25.1. The van der Waals surface area contributed by atoms with Gasteiger partial charge in [0.05, 0.1) is 11.1 Å². The quantitative estimate of drug-likeness (QED) is 0.627. The van der Waals surface area contributed by atoms with Crippen LogP contribution in [0.25, 0.3) is 0 Å². The number of nitrogens with one attached hydrogen (secondary N) is 3. The van der Waals surface area contributed by atoms with Crippen molar-refractivity contribution in [2.24, 2.45) is 0 Å². The first-order chi connectivity index (χ1) is 13.0. The lowest BCUT2D eigenvalue weighted by Crippen LogP contribution is -2.54. The van der Waals surface area contributed by atoms with E-state index in [2.05, 4.69) is 16.0 Å². The van der Waals surface area contributed by atoms with Gasteiger partial charge in [-0.1, -0.05) is 6.07 Å². The highest BCUT2D eigenvalue weighted by atomic mass is 16.2. The molecule has 0 aromatic heterocycles. The summed E-state index contributed by atoms with van der Waals surface area (Å²) >= 11 is 0. The summed E-state index contributed by atoms with van der Waals surface area (Å²) in [6.07, 6.45) is 2.64. The van der Waals surface area contributed by atoms with Crippen LogP contribution in [0.1, 0.15) is 52.0 Å². The van der Waals surface area contributed by atoms with Crippen LogP contribution in [0, 0.1) is 0 Å². The van der Waals surface area contributed by atoms with Crippen LogP contribution >= 0.6 is 0 Å². The maximum atomic E-state index is 12.8. The fraction of sp³-hybridized carbons (Fsp3) is 0.474. The summed E-state index contributed by atoms with van der Waals surface area (Å²) in [5.41, 5.74) is 1.55. The summed E-state index contributed by atoms with van der Waals surface area (Å²) in [5, 5.41) is 8.99. The van der Waals surface area contributed by atoms with Crippen LogP contribution in [0.4, 0.5) is 0 Å². The lowest BCUT2D eigenvalue weighted by atomic mass is 10.0. The molecular weight excluding hydrogens is 348 g/mol. The lowest BCUT2D eigenvalue weighted by molar-refractivity contribution is -0.136. The number of carbonyl (C=O) groups excluding carboxylic acids is 4. The average molecular weight is 370 g/mol. The van der Waals surface area contributed by atoms with Crippen molar-refractivity contribution in [2.45, 2.75) is 44.3 Å². The topological polar surface area (TPSA) is 108 Å². The minimum atomic E-state index is -0.926. The Bertz CT molecular complexity index is 816. The molecule has 27 heavy (non-hydrogen) atoms. The Labute approximate surface area is 156 Å². The van der Waals surface area contributed by atoms with E-state index in [1.54, 1.807) is 12.1 Å². The van der Waals surface area contributed by atoms with E-state index >= 15 is 0 Å². The molecule has 8 heteroatoms. The molecule has 3 heterocycles. The van der Waals surface area contributed by atoms with E-state index in [0.29, 0.717) is 23.7 Å². The molecule has 0 saturated carbocycles. The van der Waals surface area contributed by atoms with E-state index in [1.807, 2.05) is 6.07 Å². The van der Waals surface area contributed by atoms with Gasteiger partial charge in [0.1, 0.15) is 6.04 Å². The molecule has 1 aromatic rings. The van der Waals surface area contributed by atoms with Gasteiger partial charge < -0.3 is 10.6 Å². The second-order valence-corrected chi connectivity index (χ2v) is 7.25. The highest BCUT2D eigenvalue weighted by Gasteiger charge is 2.44. The first kappa shape index (κ1) is 17.8. The molecule has 0 spiro atoms. The smallest absolute Gasteiger partial charge is 0.262 e. The molecule has 2 unspecified atom stereocenters. The fourth-order valence-corrected chi connectivity index (χ4v) is 3.95. The van der Waals surface area contributed by atoms with Crippen molar-refractivity contribution in [3.05, 3.63) is 34.9 Å². The molecule has 2 fully saturated rings. The van der Waals surface area contributed by atoms with Gasteiger partial charge in [0.2, 0.25) is 11.8 Å². The van der Waals surface area contributed by atoms with Crippen LogP contribution in [-0.2, 0) is 16.1 Å². The van der Waals surface area contributed by atoms with Crippen LogP contribution in [0.2, 0.25) is 0 Å². The van der Waals surface area contributed by atoms with Crippen LogP contribution in [0.3, 0.4) is 0 Å². The van der Waals surface area contributed by atoms with Crippen LogP contribution < -0.4 is 16.0 Å². The van der Waals surface area contributed by atoms with Gasteiger partial charge in [0, 0.05) is 25.6 Å². The first-order valence-corrected chi connectivity index (χ1v) is 9.33. The van der Waals surface area contributed by atoms with Gasteiger partial charge in [0.15, 0.2) is 0 Å². The van der Waals surface area contributed by atoms with Crippen molar-refractivity contribution < 1.29 is 19.2 Å². The van der Waals surface area contributed by atoms with Crippen LogP contribution in [-0.4, -0.2) is 53.7 Å². The van der Waals surface area contributed by atoms with Crippen molar-refractivity contribution in [2.75, 3.05) is 13.1 Å². The van der Waals surface area contributed by atoms with E-state index < -0.39 is 23.8 Å². The molecule has 0 aliphatic carbocycles. The summed E-state index contributed by atoms with van der Waals surface area (Å²) in [6.45, 7) is 2.51. The predicted molar refractivity (Wildman–Crippen MR) is 95.8 cm³/mol. The third kappa shape index (κ3) is 3.38. The molecule has 2 atom stereocenters. The SMILES string of the molecule is O=C1CCC(N2C(=O)c3ccc(CNCC4CCCN4)cc3C2=O)C(=O)N1. The number of imide groups is 2. The number of rotatable bonds is 5. The summed E-state index contributed by atoms with van der Waals surface area (Å²) in [4.78, 5) is 49.8. The number of hydrogen-bond donors (Lipinski definition) is 3. The summed E-state index contributed by atoms with van der Waals surface area (Å²) < 4.78 is 0. The zero-order valence-corrected chi connectivity index (χ0v) is 14.9. The van der Waals surface area contributed by atoms with E-state index in [9.17, 15) is 19.2 Å². The third-order valence-corrected chi connectivity index (χ3v) is 5.39. The number of fused-ring (bicyclic) bond motifs is 1. The van der Waals surface area contributed by atoms with E-state index in [0.717, 1.165) is 30.0 Å². The number of carbonyl (C=O) groups is 4. The van der Waals surface area contributed by atoms with E-state index in [1.165, 1.54) is 6.42 Å². The average Bonchev–Trinajstić information content (AvgIpc) is 3.24. The number of piperidine rings is 1. The lowest BCUT2D eigenvalue weighted by Gasteiger charge is -2.27. The predicted octanol–water partition coefficient (Wildman–Crippen LogP) is -0.0706. The molecule has 4 rings (SSSR count). The molecule has 1 aromatic carbocycles. The molecule has 8 nitrogen and oxygen atoms in total. The van der Waals surface area contributed by atoms with Crippen molar-refractivity contribution in [1.29, 1.82) is 0 Å². The fourth-order valence-electron chi connectivity index (χ4n) is 3.95. The Morgan fingerprint density at radius 3 is 2.63 bits per heavy atom. The third-order valence-electron chi connectivity index (χ3n) is 5.39. The van der Waals surface area contributed by atoms with Gasteiger partial charge in [-0.2, -0.15) is 0 Å². The maximum absolute atomic E-state index is 12.8. The van der Waals surface area contributed by atoms with Gasteiger partial charge >= 0.3 is 0 Å². The van der Waals surface area contributed by atoms with Crippen LogP contribution in [0.15, 0.2) is 18.2 Å². The summed E-state index contributed by atoms with van der Waals surface area (Å²) in [5.74, 6) is -1.91. The molecule has 0 radical (unpaired) electrons. The van der Waals surface area contributed by atoms with Crippen LogP contribution in [0.5, 0.6) is 0 Å². The van der Waals surface area contributed by atoms with Gasteiger partial charge in [-0.15, -0.1) is 0 Å². The Balaban J connectivity index is 1.46.